The number of hydrogen-bond donors (Lipinski definition) is 2. The van der Waals surface area contributed by atoms with E-state index >= 15 is 0 Å². The summed E-state index contributed by atoms with van der Waals surface area (Å²) in [4.78, 5) is 16.2. The van der Waals surface area contributed by atoms with E-state index in [1.165, 1.54) is 0 Å². The number of carbonyl (C=O) groups excluding carboxylic acids is 1. The van der Waals surface area contributed by atoms with Gasteiger partial charge in [-0.25, -0.2) is 4.98 Å². The Morgan fingerprint density at radius 1 is 1.22 bits per heavy atom. The number of imidazole rings is 1. The van der Waals surface area contributed by atoms with Crippen LogP contribution >= 0.6 is 0 Å². The number of primary amides is 1. The lowest BCUT2D eigenvalue weighted by molar-refractivity contribution is 0.0999. The van der Waals surface area contributed by atoms with Crippen molar-refractivity contribution in [3.8, 4) is 0 Å². The molecule has 2 heterocycles. The first-order valence-electron chi connectivity index (χ1n) is 7.55. The van der Waals surface area contributed by atoms with Gasteiger partial charge in [0.05, 0.1) is 11.4 Å². The maximum absolute atomic E-state index is 11.6. The molecule has 118 valence electrons. The number of aromatic nitrogens is 2. The predicted molar refractivity (Wildman–Crippen MR) is 91.7 cm³/mol. The zero-order chi connectivity index (χ0) is 16.6. The summed E-state index contributed by atoms with van der Waals surface area (Å²) in [5, 5.41) is 3.39. The third-order valence-electron chi connectivity index (χ3n) is 4.26. The molecular weight excluding hydrogens is 288 g/mol. The first kappa shape index (κ1) is 15.1. The number of anilines is 1. The second kappa shape index (κ2) is 5.76. The highest BCUT2D eigenvalue weighted by Gasteiger charge is 2.12. The molecule has 23 heavy (non-hydrogen) atoms. The molecule has 3 N–H and O–H groups in total. The van der Waals surface area contributed by atoms with Crippen LogP contribution in [0.25, 0.3) is 5.65 Å². The van der Waals surface area contributed by atoms with Crippen LogP contribution in [0, 0.1) is 20.8 Å². The fourth-order valence-corrected chi connectivity index (χ4v) is 2.79. The van der Waals surface area contributed by atoms with Crippen molar-refractivity contribution in [3.05, 3.63) is 64.6 Å². The third-order valence-corrected chi connectivity index (χ3v) is 4.26. The number of nitrogens with one attached hydrogen (secondary N) is 1. The molecule has 3 rings (SSSR count). The maximum Gasteiger partial charge on any atom is 0.249 e. The summed E-state index contributed by atoms with van der Waals surface area (Å²) in [6.45, 7) is 6.55. The molecular formula is C18H20N4O. The van der Waals surface area contributed by atoms with Crippen molar-refractivity contribution in [2.75, 3.05) is 5.32 Å². The SMILES string of the molecule is Cc1cccc(C(N)=O)c1CNc1cccn2c(C)c(C)nc12. The van der Waals surface area contributed by atoms with Gasteiger partial charge in [0.2, 0.25) is 5.91 Å². The molecule has 0 fully saturated rings. The smallest absolute Gasteiger partial charge is 0.249 e. The summed E-state index contributed by atoms with van der Waals surface area (Å²) in [7, 11) is 0. The Labute approximate surface area is 135 Å². The van der Waals surface area contributed by atoms with Crippen LogP contribution in [0.2, 0.25) is 0 Å². The number of aryl methyl sites for hydroxylation is 3. The molecule has 0 atom stereocenters. The Hall–Kier alpha value is -2.82. The van der Waals surface area contributed by atoms with E-state index < -0.39 is 5.91 Å². The summed E-state index contributed by atoms with van der Waals surface area (Å²) in [5.74, 6) is -0.406. The zero-order valence-electron chi connectivity index (χ0n) is 13.6. The quantitative estimate of drug-likeness (QED) is 0.778. The van der Waals surface area contributed by atoms with Gasteiger partial charge in [-0.1, -0.05) is 12.1 Å². The molecule has 0 saturated carbocycles. The molecule has 0 unspecified atom stereocenters. The molecule has 5 heteroatoms. The molecule has 0 aliphatic heterocycles. The Morgan fingerprint density at radius 2 is 2.00 bits per heavy atom. The summed E-state index contributed by atoms with van der Waals surface area (Å²) < 4.78 is 2.06. The third kappa shape index (κ3) is 2.65. The Morgan fingerprint density at radius 3 is 2.74 bits per heavy atom. The van der Waals surface area contributed by atoms with E-state index in [9.17, 15) is 4.79 Å². The standard InChI is InChI=1S/C18H20N4O/c1-11-6-4-7-14(17(19)23)15(11)10-20-16-8-5-9-22-13(3)12(2)21-18(16)22/h4-9,20H,10H2,1-3H3,(H2,19,23). The molecule has 0 spiro atoms. The molecule has 0 aliphatic carbocycles. The van der Waals surface area contributed by atoms with Gasteiger partial charge >= 0.3 is 0 Å². The van der Waals surface area contributed by atoms with E-state index in [0.717, 1.165) is 33.8 Å². The molecule has 3 aromatic rings. The summed E-state index contributed by atoms with van der Waals surface area (Å²) in [5.41, 5.74) is 11.9. The van der Waals surface area contributed by atoms with E-state index in [0.29, 0.717) is 12.1 Å². The molecule has 1 amide bonds. The van der Waals surface area contributed by atoms with Crippen molar-refractivity contribution in [2.45, 2.75) is 27.3 Å². The molecule has 0 radical (unpaired) electrons. The molecule has 1 aromatic carbocycles. The molecule has 5 nitrogen and oxygen atoms in total. The number of hydrogen-bond acceptors (Lipinski definition) is 3. The van der Waals surface area contributed by atoms with Crippen molar-refractivity contribution >= 4 is 17.2 Å². The Balaban J connectivity index is 1.96. The van der Waals surface area contributed by atoms with E-state index in [4.69, 9.17) is 5.73 Å². The number of carbonyl (C=O) groups is 1. The maximum atomic E-state index is 11.6. The first-order valence-corrected chi connectivity index (χ1v) is 7.55. The minimum Gasteiger partial charge on any atom is -0.378 e. The van der Waals surface area contributed by atoms with Gasteiger partial charge in [-0.2, -0.15) is 0 Å². The van der Waals surface area contributed by atoms with Gasteiger partial charge in [0, 0.05) is 24.0 Å². The van der Waals surface area contributed by atoms with Crippen molar-refractivity contribution in [3.63, 3.8) is 0 Å². The van der Waals surface area contributed by atoms with Gasteiger partial charge < -0.3 is 15.5 Å². The Bertz CT molecular complexity index is 895. The van der Waals surface area contributed by atoms with Crippen LogP contribution in [0.4, 0.5) is 5.69 Å². The van der Waals surface area contributed by atoms with Gasteiger partial charge in [0.15, 0.2) is 5.65 Å². The predicted octanol–water partition coefficient (Wildman–Crippen LogP) is 2.97. The number of benzene rings is 1. The highest BCUT2D eigenvalue weighted by Crippen LogP contribution is 2.21. The Kier molecular flexibility index (Phi) is 3.78. The van der Waals surface area contributed by atoms with Crippen LogP contribution in [0.1, 0.15) is 32.9 Å². The zero-order valence-corrected chi connectivity index (χ0v) is 13.6. The number of fused-ring (bicyclic) bond motifs is 1. The van der Waals surface area contributed by atoms with Gasteiger partial charge in [0.25, 0.3) is 0 Å². The van der Waals surface area contributed by atoms with E-state index in [1.807, 2.05) is 51.2 Å². The largest absolute Gasteiger partial charge is 0.378 e. The van der Waals surface area contributed by atoms with Crippen LogP contribution in [-0.2, 0) is 6.54 Å². The van der Waals surface area contributed by atoms with Gasteiger partial charge in [0.1, 0.15) is 0 Å². The lowest BCUT2D eigenvalue weighted by atomic mass is 10.0. The first-order chi connectivity index (χ1) is 11.0. The number of pyridine rings is 1. The van der Waals surface area contributed by atoms with Crippen molar-refractivity contribution in [1.82, 2.24) is 9.38 Å². The topological polar surface area (TPSA) is 72.4 Å². The molecule has 0 saturated heterocycles. The summed E-state index contributed by atoms with van der Waals surface area (Å²) in [6.07, 6.45) is 2.00. The number of rotatable bonds is 4. The monoisotopic (exact) mass is 308 g/mol. The fourth-order valence-electron chi connectivity index (χ4n) is 2.79. The average Bonchev–Trinajstić information content (AvgIpc) is 2.81. The van der Waals surface area contributed by atoms with E-state index in [1.54, 1.807) is 6.07 Å². The van der Waals surface area contributed by atoms with Crippen LogP contribution in [0.5, 0.6) is 0 Å². The average molecular weight is 308 g/mol. The fraction of sp³-hybridized carbons (Fsp3) is 0.222. The minimum absolute atomic E-state index is 0.406. The number of nitrogens with two attached hydrogens (primary N) is 1. The molecule has 0 aliphatic rings. The number of nitrogens with zero attached hydrogens (tertiary/aromatic N) is 2. The molecule has 0 bridgehead atoms. The minimum atomic E-state index is -0.406. The second-order valence-corrected chi connectivity index (χ2v) is 5.72. The summed E-state index contributed by atoms with van der Waals surface area (Å²) >= 11 is 0. The van der Waals surface area contributed by atoms with Gasteiger partial charge in [-0.15, -0.1) is 0 Å². The van der Waals surface area contributed by atoms with Gasteiger partial charge in [-0.05, 0) is 50.1 Å². The van der Waals surface area contributed by atoms with Crippen molar-refractivity contribution in [1.29, 1.82) is 0 Å². The highest BCUT2D eigenvalue weighted by molar-refractivity contribution is 5.94. The van der Waals surface area contributed by atoms with Crippen LogP contribution in [0.15, 0.2) is 36.5 Å². The lowest BCUT2D eigenvalue weighted by Gasteiger charge is -2.13. The van der Waals surface area contributed by atoms with Crippen LogP contribution in [0.3, 0.4) is 0 Å². The lowest BCUT2D eigenvalue weighted by Crippen LogP contribution is -2.16. The van der Waals surface area contributed by atoms with E-state index in [2.05, 4.69) is 14.7 Å². The van der Waals surface area contributed by atoms with Crippen LogP contribution < -0.4 is 11.1 Å². The molecule has 2 aromatic heterocycles. The number of amides is 1. The highest BCUT2D eigenvalue weighted by atomic mass is 16.1. The normalized spacial score (nSPS) is 10.9. The second-order valence-electron chi connectivity index (χ2n) is 5.72. The van der Waals surface area contributed by atoms with Crippen molar-refractivity contribution in [2.24, 2.45) is 5.73 Å². The van der Waals surface area contributed by atoms with E-state index in [-0.39, 0.29) is 0 Å². The van der Waals surface area contributed by atoms with Gasteiger partial charge in [-0.3, -0.25) is 4.79 Å². The van der Waals surface area contributed by atoms with Crippen LogP contribution in [-0.4, -0.2) is 15.3 Å². The van der Waals surface area contributed by atoms with Crippen molar-refractivity contribution < 1.29 is 4.79 Å². The summed E-state index contributed by atoms with van der Waals surface area (Å²) in [6, 6.07) is 9.56.